The zero-order valence-corrected chi connectivity index (χ0v) is 16.8. The molecule has 30 heavy (non-hydrogen) atoms. The highest BCUT2D eigenvalue weighted by atomic mass is 32.2. The molecule has 0 bridgehead atoms. The van der Waals surface area contributed by atoms with Crippen molar-refractivity contribution < 1.29 is 14.5 Å². The molecule has 2 heterocycles. The van der Waals surface area contributed by atoms with Crippen LogP contribution in [0, 0.1) is 10.1 Å². The molecule has 0 unspecified atom stereocenters. The van der Waals surface area contributed by atoms with Crippen LogP contribution in [0.5, 0.6) is 0 Å². The number of nitro groups is 1. The molecule has 0 saturated carbocycles. The highest BCUT2D eigenvalue weighted by Gasteiger charge is 2.26. The molecule has 0 spiro atoms. The fourth-order valence-corrected chi connectivity index (χ4v) is 4.11. The summed E-state index contributed by atoms with van der Waals surface area (Å²) < 4.78 is 0. The van der Waals surface area contributed by atoms with Gasteiger partial charge in [-0.05, 0) is 42.1 Å². The monoisotopic (exact) mass is 436 g/mol. The van der Waals surface area contributed by atoms with Crippen molar-refractivity contribution in [2.75, 3.05) is 0 Å². The number of nitrogens with zero attached hydrogens (tertiary/aromatic N) is 2. The van der Waals surface area contributed by atoms with E-state index in [9.17, 15) is 19.7 Å². The summed E-state index contributed by atoms with van der Waals surface area (Å²) in [5, 5.41) is 17.2. The molecular weight excluding hydrogens is 424 g/mol. The van der Waals surface area contributed by atoms with Crippen LogP contribution < -0.4 is 10.6 Å². The highest BCUT2D eigenvalue weighted by molar-refractivity contribution is 7.99. The van der Waals surface area contributed by atoms with Crippen molar-refractivity contribution in [1.29, 1.82) is 0 Å². The van der Waals surface area contributed by atoms with Gasteiger partial charge in [0.25, 0.3) is 17.5 Å². The van der Waals surface area contributed by atoms with E-state index in [0.717, 1.165) is 15.8 Å². The van der Waals surface area contributed by atoms with Crippen molar-refractivity contribution >= 4 is 63.6 Å². The Balaban J connectivity index is 1.72. The summed E-state index contributed by atoms with van der Waals surface area (Å²) in [6.45, 7) is 0. The maximum Gasteiger partial charge on any atom is 0.283 e. The number of benzene rings is 2. The average Bonchev–Trinajstić information content (AvgIpc) is 2.71. The van der Waals surface area contributed by atoms with Crippen LogP contribution in [0.15, 0.2) is 70.1 Å². The molecule has 0 aliphatic carbocycles. The Kier molecular flexibility index (Phi) is 5.25. The lowest BCUT2D eigenvalue weighted by Crippen LogP contribution is -2.51. The number of aromatic nitrogens is 1. The van der Waals surface area contributed by atoms with Gasteiger partial charge in [-0.1, -0.05) is 36.0 Å². The molecule has 1 aliphatic rings. The van der Waals surface area contributed by atoms with E-state index in [-0.39, 0.29) is 16.4 Å². The van der Waals surface area contributed by atoms with Crippen LogP contribution in [0.25, 0.3) is 17.0 Å². The Labute approximate surface area is 179 Å². The molecule has 148 valence electrons. The van der Waals surface area contributed by atoms with E-state index in [4.69, 9.17) is 12.2 Å². The number of amides is 2. The lowest BCUT2D eigenvalue weighted by Gasteiger charge is -2.16. The third-order valence-electron chi connectivity index (χ3n) is 4.25. The van der Waals surface area contributed by atoms with Gasteiger partial charge < -0.3 is 0 Å². The van der Waals surface area contributed by atoms with E-state index in [2.05, 4.69) is 15.6 Å². The Morgan fingerprint density at radius 2 is 1.77 bits per heavy atom. The third kappa shape index (κ3) is 3.91. The van der Waals surface area contributed by atoms with E-state index in [0.29, 0.717) is 10.5 Å². The molecular formula is C20H12N4O4S2. The first-order chi connectivity index (χ1) is 14.4. The summed E-state index contributed by atoms with van der Waals surface area (Å²) in [5.41, 5.74) is 0.762. The van der Waals surface area contributed by atoms with Gasteiger partial charge in [0, 0.05) is 22.5 Å². The van der Waals surface area contributed by atoms with Gasteiger partial charge in [-0.15, -0.1) is 0 Å². The van der Waals surface area contributed by atoms with E-state index >= 15 is 0 Å². The summed E-state index contributed by atoms with van der Waals surface area (Å²) in [5.74, 6) is -1.32. The van der Waals surface area contributed by atoms with E-state index in [1.807, 2.05) is 30.3 Å². The molecule has 8 nitrogen and oxygen atoms in total. The molecule has 2 aromatic carbocycles. The minimum Gasteiger partial charge on any atom is -0.299 e. The highest BCUT2D eigenvalue weighted by Crippen LogP contribution is 2.38. The minimum absolute atomic E-state index is 0.0800. The Morgan fingerprint density at radius 3 is 2.50 bits per heavy atom. The number of nitrogens with one attached hydrogen (secondary N) is 2. The number of hydrogen-bond donors (Lipinski definition) is 2. The van der Waals surface area contributed by atoms with Gasteiger partial charge in [-0.25, -0.2) is 0 Å². The van der Waals surface area contributed by atoms with Gasteiger partial charge in [0.2, 0.25) is 0 Å². The van der Waals surface area contributed by atoms with Crippen LogP contribution in [0.2, 0.25) is 0 Å². The fraction of sp³-hybridized carbons (Fsp3) is 0. The first-order valence-electron chi connectivity index (χ1n) is 8.61. The first kappa shape index (κ1) is 19.7. The maximum atomic E-state index is 12.0. The second-order valence-electron chi connectivity index (χ2n) is 6.21. The number of pyridine rings is 1. The maximum absolute atomic E-state index is 12.0. The summed E-state index contributed by atoms with van der Waals surface area (Å²) >= 11 is 5.98. The van der Waals surface area contributed by atoms with E-state index in [1.165, 1.54) is 23.9 Å². The summed E-state index contributed by atoms with van der Waals surface area (Å²) in [6, 6.07) is 13.9. The number of hydrogen-bond acceptors (Lipinski definition) is 7. The van der Waals surface area contributed by atoms with E-state index in [1.54, 1.807) is 18.3 Å². The Morgan fingerprint density at radius 1 is 1.03 bits per heavy atom. The molecule has 0 radical (unpaired) electrons. The van der Waals surface area contributed by atoms with Gasteiger partial charge in [0.15, 0.2) is 5.11 Å². The van der Waals surface area contributed by atoms with Crippen molar-refractivity contribution in [3.05, 3.63) is 76.0 Å². The summed E-state index contributed by atoms with van der Waals surface area (Å²) in [4.78, 5) is 40.7. The van der Waals surface area contributed by atoms with Crippen LogP contribution in [-0.4, -0.2) is 26.8 Å². The smallest absolute Gasteiger partial charge is 0.283 e. The molecule has 2 N–H and O–H groups in total. The van der Waals surface area contributed by atoms with Crippen LogP contribution in [0.1, 0.15) is 5.56 Å². The summed E-state index contributed by atoms with van der Waals surface area (Å²) in [7, 11) is 0. The number of carbonyl (C=O) groups excluding carboxylic acids is 2. The number of rotatable bonds is 4. The predicted octanol–water partition coefficient (Wildman–Crippen LogP) is 3.21. The topological polar surface area (TPSA) is 114 Å². The minimum atomic E-state index is -0.660. The first-order valence-corrected chi connectivity index (χ1v) is 9.83. The number of carbonyl (C=O) groups is 2. The van der Waals surface area contributed by atoms with Crippen LogP contribution in [0.3, 0.4) is 0 Å². The molecule has 1 aromatic heterocycles. The van der Waals surface area contributed by atoms with Gasteiger partial charge in [0.1, 0.15) is 5.57 Å². The molecule has 10 heteroatoms. The van der Waals surface area contributed by atoms with Gasteiger partial charge in [-0.2, -0.15) is 0 Å². The summed E-state index contributed by atoms with van der Waals surface area (Å²) in [6.07, 6.45) is 2.95. The number of nitro benzene ring substituents is 1. The van der Waals surface area contributed by atoms with Gasteiger partial charge >= 0.3 is 0 Å². The largest absolute Gasteiger partial charge is 0.299 e. The molecule has 1 aliphatic heterocycles. The van der Waals surface area contributed by atoms with Crippen molar-refractivity contribution in [3.63, 3.8) is 0 Å². The van der Waals surface area contributed by atoms with Gasteiger partial charge in [-0.3, -0.25) is 35.3 Å². The van der Waals surface area contributed by atoms with Crippen molar-refractivity contribution in [2.45, 2.75) is 9.79 Å². The fourth-order valence-electron chi connectivity index (χ4n) is 2.90. The zero-order chi connectivity index (χ0) is 21.3. The number of thiocarbonyl (C=S) groups is 1. The molecule has 2 amide bonds. The molecule has 4 rings (SSSR count). The second kappa shape index (κ2) is 8.01. The van der Waals surface area contributed by atoms with Crippen LogP contribution >= 0.6 is 24.0 Å². The zero-order valence-electron chi connectivity index (χ0n) is 15.1. The predicted molar refractivity (Wildman–Crippen MR) is 116 cm³/mol. The lowest BCUT2D eigenvalue weighted by atomic mass is 10.1. The van der Waals surface area contributed by atoms with Crippen LogP contribution in [0.4, 0.5) is 5.69 Å². The molecule has 3 aromatic rings. The third-order valence-corrected chi connectivity index (χ3v) is 5.57. The van der Waals surface area contributed by atoms with E-state index < -0.39 is 16.7 Å². The molecule has 0 atom stereocenters. The van der Waals surface area contributed by atoms with Crippen molar-refractivity contribution in [3.8, 4) is 0 Å². The number of para-hydroxylation sites is 1. The second-order valence-corrected chi connectivity index (χ2v) is 7.71. The van der Waals surface area contributed by atoms with Gasteiger partial charge in [0.05, 0.1) is 15.3 Å². The Bertz CT molecular complexity index is 1250. The SMILES string of the molecule is O=C1NC(=S)NC(=O)C1=Cc1ccc(Sc2cccc3cccnc23)c([N+](=O)[O-])c1. The normalized spacial score (nSPS) is 13.7. The Hall–Kier alpha value is -3.63. The lowest BCUT2D eigenvalue weighted by molar-refractivity contribution is -0.387. The van der Waals surface area contributed by atoms with Crippen LogP contribution in [-0.2, 0) is 9.59 Å². The average molecular weight is 436 g/mol. The molecule has 1 saturated heterocycles. The molecule has 1 fully saturated rings. The number of fused-ring (bicyclic) bond motifs is 1. The standard InChI is InChI=1S/C20H12N4O4S2/c25-18-13(19(26)23-20(29)22-18)9-11-6-7-15(14(10-11)24(27)28)30-16-5-1-3-12-4-2-8-21-17(12)16/h1-10H,(H2,22,23,25,26,29). The van der Waals surface area contributed by atoms with Crippen molar-refractivity contribution in [2.24, 2.45) is 0 Å². The quantitative estimate of drug-likeness (QED) is 0.212. The van der Waals surface area contributed by atoms with Crippen molar-refractivity contribution in [1.82, 2.24) is 15.6 Å².